The van der Waals surface area contributed by atoms with Gasteiger partial charge in [0.05, 0.1) is 6.26 Å². The summed E-state index contributed by atoms with van der Waals surface area (Å²) in [7, 11) is -3.33. The molecule has 5 nitrogen and oxygen atoms in total. The zero-order valence-corrected chi connectivity index (χ0v) is 13.8. The van der Waals surface area contributed by atoms with E-state index in [0.717, 1.165) is 18.6 Å². The van der Waals surface area contributed by atoms with Crippen LogP contribution >= 0.6 is 0 Å². The quantitative estimate of drug-likeness (QED) is 0.757. The fourth-order valence-corrected chi connectivity index (χ4v) is 3.49. The number of amides is 1. The van der Waals surface area contributed by atoms with Gasteiger partial charge < -0.3 is 5.32 Å². The average Bonchev–Trinajstić information content (AvgIpc) is 2.95. The number of hydrogen-bond acceptors (Lipinski definition) is 3. The summed E-state index contributed by atoms with van der Waals surface area (Å²) in [6.45, 7) is 0.666. The average molecular weight is 324 g/mol. The molecule has 2 N–H and O–H groups in total. The standard InChI is InChI=1S/C16H24N2O3S/c1-22(20,21)18-15-10-4-9-14(12-15)16(19)17-11-5-8-13-6-2-3-7-13/h4,9-10,12-13,18H,2-3,5-8,11H2,1H3,(H,17,19). The van der Waals surface area contributed by atoms with E-state index < -0.39 is 10.0 Å². The van der Waals surface area contributed by atoms with E-state index >= 15 is 0 Å². The summed E-state index contributed by atoms with van der Waals surface area (Å²) >= 11 is 0. The Morgan fingerprint density at radius 3 is 2.68 bits per heavy atom. The van der Waals surface area contributed by atoms with Crippen molar-refractivity contribution in [2.45, 2.75) is 38.5 Å². The molecule has 0 radical (unpaired) electrons. The molecule has 1 aliphatic carbocycles. The van der Waals surface area contributed by atoms with Gasteiger partial charge in [-0.3, -0.25) is 9.52 Å². The van der Waals surface area contributed by atoms with Crippen LogP contribution in [0.3, 0.4) is 0 Å². The number of rotatable bonds is 7. The van der Waals surface area contributed by atoms with Crippen LogP contribution in [0.25, 0.3) is 0 Å². The van der Waals surface area contributed by atoms with Crippen LogP contribution < -0.4 is 10.0 Å². The second kappa shape index (κ2) is 7.63. The lowest BCUT2D eigenvalue weighted by atomic mass is 10.0. The first-order valence-corrected chi connectivity index (χ1v) is 9.69. The summed E-state index contributed by atoms with van der Waals surface area (Å²) in [5, 5.41) is 2.90. The summed E-state index contributed by atoms with van der Waals surface area (Å²) in [6.07, 6.45) is 8.60. The topological polar surface area (TPSA) is 75.3 Å². The monoisotopic (exact) mass is 324 g/mol. The molecular formula is C16H24N2O3S. The number of anilines is 1. The van der Waals surface area contributed by atoms with Gasteiger partial charge in [-0.25, -0.2) is 8.42 Å². The number of nitrogens with one attached hydrogen (secondary N) is 2. The lowest BCUT2D eigenvalue weighted by Crippen LogP contribution is -2.25. The number of benzene rings is 1. The molecule has 0 heterocycles. The Morgan fingerprint density at radius 2 is 2.00 bits per heavy atom. The van der Waals surface area contributed by atoms with Gasteiger partial charge in [0.25, 0.3) is 5.91 Å². The summed E-state index contributed by atoms with van der Waals surface area (Å²) in [5.74, 6) is 0.669. The molecule has 22 heavy (non-hydrogen) atoms. The summed E-state index contributed by atoms with van der Waals surface area (Å²) in [6, 6.07) is 6.52. The van der Waals surface area contributed by atoms with Crippen LogP contribution in [0.1, 0.15) is 48.9 Å². The highest BCUT2D eigenvalue weighted by atomic mass is 32.2. The predicted molar refractivity (Wildman–Crippen MR) is 88.4 cm³/mol. The lowest BCUT2D eigenvalue weighted by molar-refractivity contribution is 0.0952. The third kappa shape index (κ3) is 5.67. The van der Waals surface area contributed by atoms with Gasteiger partial charge in [-0.15, -0.1) is 0 Å². The third-order valence-electron chi connectivity index (χ3n) is 3.98. The van der Waals surface area contributed by atoms with Crippen LogP contribution in [0.2, 0.25) is 0 Å². The molecule has 0 unspecified atom stereocenters. The fraction of sp³-hybridized carbons (Fsp3) is 0.562. The van der Waals surface area contributed by atoms with Crippen molar-refractivity contribution < 1.29 is 13.2 Å². The summed E-state index contributed by atoms with van der Waals surface area (Å²) in [5.41, 5.74) is 0.871. The Labute approximate surface area is 132 Å². The van der Waals surface area contributed by atoms with Gasteiger partial charge in [0.1, 0.15) is 0 Å². The highest BCUT2D eigenvalue weighted by Crippen LogP contribution is 2.28. The highest BCUT2D eigenvalue weighted by molar-refractivity contribution is 7.92. The zero-order chi connectivity index (χ0) is 16.0. The van der Waals surface area contributed by atoms with Gasteiger partial charge in [0, 0.05) is 17.8 Å². The van der Waals surface area contributed by atoms with E-state index in [9.17, 15) is 13.2 Å². The normalized spacial score (nSPS) is 15.7. The first kappa shape index (κ1) is 16.8. The molecule has 1 aromatic carbocycles. The molecule has 0 aliphatic heterocycles. The SMILES string of the molecule is CS(=O)(=O)Nc1cccc(C(=O)NCCCC2CCCC2)c1. The molecule has 1 fully saturated rings. The maximum absolute atomic E-state index is 12.1. The van der Waals surface area contributed by atoms with Crippen molar-refractivity contribution in [1.82, 2.24) is 5.32 Å². The van der Waals surface area contributed by atoms with Crippen molar-refractivity contribution in [2.24, 2.45) is 5.92 Å². The number of carbonyl (C=O) groups is 1. The van der Waals surface area contributed by atoms with E-state index in [-0.39, 0.29) is 5.91 Å². The van der Waals surface area contributed by atoms with Crippen LogP contribution in [0, 0.1) is 5.92 Å². The molecule has 1 saturated carbocycles. The van der Waals surface area contributed by atoms with Crippen LogP contribution in [0.4, 0.5) is 5.69 Å². The first-order valence-electron chi connectivity index (χ1n) is 7.80. The summed E-state index contributed by atoms with van der Waals surface area (Å²) < 4.78 is 24.8. The molecule has 1 aliphatic rings. The van der Waals surface area contributed by atoms with Gasteiger partial charge in [0.15, 0.2) is 0 Å². The van der Waals surface area contributed by atoms with Gasteiger partial charge in [0.2, 0.25) is 10.0 Å². The molecule has 122 valence electrons. The Balaban J connectivity index is 1.80. The van der Waals surface area contributed by atoms with Crippen molar-refractivity contribution in [3.05, 3.63) is 29.8 Å². The van der Waals surface area contributed by atoms with Crippen molar-refractivity contribution in [3.63, 3.8) is 0 Å². The van der Waals surface area contributed by atoms with Gasteiger partial charge in [-0.2, -0.15) is 0 Å². The Morgan fingerprint density at radius 1 is 1.27 bits per heavy atom. The smallest absolute Gasteiger partial charge is 0.251 e. The maximum Gasteiger partial charge on any atom is 0.251 e. The van der Waals surface area contributed by atoms with E-state index in [4.69, 9.17) is 0 Å². The molecule has 0 spiro atoms. The highest BCUT2D eigenvalue weighted by Gasteiger charge is 2.14. The second-order valence-corrected chi connectivity index (χ2v) is 7.75. The molecule has 6 heteroatoms. The van der Waals surface area contributed by atoms with Crippen LogP contribution in [0.15, 0.2) is 24.3 Å². The number of hydrogen-bond donors (Lipinski definition) is 2. The molecular weight excluding hydrogens is 300 g/mol. The Bertz CT molecular complexity index is 608. The van der Waals surface area contributed by atoms with Crippen molar-refractivity contribution in [3.8, 4) is 0 Å². The fourth-order valence-electron chi connectivity index (χ4n) is 2.93. The maximum atomic E-state index is 12.1. The minimum atomic E-state index is -3.33. The largest absolute Gasteiger partial charge is 0.352 e. The van der Waals surface area contributed by atoms with E-state index in [1.807, 2.05) is 0 Å². The van der Waals surface area contributed by atoms with Crippen molar-refractivity contribution in [1.29, 1.82) is 0 Å². The molecule has 0 atom stereocenters. The van der Waals surface area contributed by atoms with Crippen molar-refractivity contribution >= 4 is 21.6 Å². The van der Waals surface area contributed by atoms with E-state index in [1.54, 1.807) is 24.3 Å². The van der Waals surface area contributed by atoms with Crippen LogP contribution in [-0.2, 0) is 10.0 Å². The molecule has 0 aromatic heterocycles. The Kier molecular flexibility index (Phi) is 5.83. The molecule has 0 bridgehead atoms. The number of sulfonamides is 1. The van der Waals surface area contributed by atoms with Crippen LogP contribution in [-0.4, -0.2) is 27.1 Å². The third-order valence-corrected chi connectivity index (χ3v) is 4.58. The minimum Gasteiger partial charge on any atom is -0.352 e. The molecule has 2 rings (SSSR count). The first-order chi connectivity index (χ1) is 10.4. The van der Waals surface area contributed by atoms with Gasteiger partial charge in [-0.05, 0) is 37.0 Å². The summed E-state index contributed by atoms with van der Waals surface area (Å²) in [4.78, 5) is 12.1. The predicted octanol–water partition coefficient (Wildman–Crippen LogP) is 2.76. The van der Waals surface area contributed by atoms with Crippen molar-refractivity contribution in [2.75, 3.05) is 17.5 Å². The van der Waals surface area contributed by atoms with Crippen LogP contribution in [0.5, 0.6) is 0 Å². The molecule has 1 amide bonds. The van der Waals surface area contributed by atoms with Gasteiger partial charge in [-0.1, -0.05) is 31.7 Å². The van der Waals surface area contributed by atoms with E-state index in [1.165, 1.54) is 32.1 Å². The Hall–Kier alpha value is -1.56. The lowest BCUT2D eigenvalue weighted by Gasteiger charge is -2.10. The van der Waals surface area contributed by atoms with E-state index in [0.29, 0.717) is 17.8 Å². The number of carbonyl (C=O) groups excluding carboxylic acids is 1. The van der Waals surface area contributed by atoms with E-state index in [2.05, 4.69) is 10.0 Å². The zero-order valence-electron chi connectivity index (χ0n) is 13.0. The minimum absolute atomic E-state index is 0.163. The van der Waals surface area contributed by atoms with Gasteiger partial charge >= 0.3 is 0 Å². The molecule has 1 aromatic rings. The second-order valence-electron chi connectivity index (χ2n) is 6.00. The molecule has 0 saturated heterocycles.